The lowest BCUT2D eigenvalue weighted by Gasteiger charge is -2.18. The average molecular weight is 269 g/mol. The molecule has 0 fully saturated rings. The van der Waals surface area contributed by atoms with E-state index in [1.807, 2.05) is 50.4 Å². The van der Waals surface area contributed by atoms with Crippen LogP contribution in [0.25, 0.3) is 0 Å². The van der Waals surface area contributed by atoms with Crippen molar-refractivity contribution in [1.82, 2.24) is 9.88 Å². The molecule has 0 bridgehead atoms. The smallest absolute Gasteiger partial charge is 0.254 e. The van der Waals surface area contributed by atoms with Crippen LogP contribution >= 0.6 is 0 Å². The first kappa shape index (κ1) is 14.1. The SMILES string of the molecule is CNc1cc(C(=O)N(C)Cc2ccccc2)cc(C)n1. The Kier molecular flexibility index (Phi) is 4.35. The summed E-state index contributed by atoms with van der Waals surface area (Å²) < 4.78 is 0. The molecular formula is C16H19N3O. The molecule has 4 nitrogen and oxygen atoms in total. The molecule has 0 atom stereocenters. The number of rotatable bonds is 4. The molecule has 0 aliphatic heterocycles. The van der Waals surface area contributed by atoms with E-state index in [1.54, 1.807) is 18.0 Å². The molecule has 1 N–H and O–H groups in total. The third-order valence-electron chi connectivity index (χ3n) is 3.07. The number of pyridine rings is 1. The van der Waals surface area contributed by atoms with Gasteiger partial charge in [-0.1, -0.05) is 30.3 Å². The summed E-state index contributed by atoms with van der Waals surface area (Å²) in [5, 5.41) is 2.97. The Labute approximate surface area is 119 Å². The second-order valence-corrected chi connectivity index (χ2v) is 4.78. The van der Waals surface area contributed by atoms with E-state index >= 15 is 0 Å². The highest BCUT2D eigenvalue weighted by Crippen LogP contribution is 2.13. The molecule has 1 amide bonds. The zero-order valence-electron chi connectivity index (χ0n) is 12.1. The lowest BCUT2D eigenvalue weighted by molar-refractivity contribution is 0.0785. The number of carbonyl (C=O) groups is 1. The minimum atomic E-state index is -0.00384. The summed E-state index contributed by atoms with van der Waals surface area (Å²) in [6.07, 6.45) is 0. The molecule has 2 aromatic rings. The minimum absolute atomic E-state index is 0.00384. The normalized spacial score (nSPS) is 10.2. The summed E-state index contributed by atoms with van der Waals surface area (Å²) in [7, 11) is 3.61. The molecule has 1 aromatic heterocycles. The Morgan fingerprint density at radius 3 is 2.60 bits per heavy atom. The molecule has 4 heteroatoms. The first-order chi connectivity index (χ1) is 9.60. The quantitative estimate of drug-likeness (QED) is 0.928. The number of carbonyl (C=O) groups excluding carboxylic acids is 1. The van der Waals surface area contributed by atoms with E-state index in [1.165, 1.54) is 0 Å². The third-order valence-corrected chi connectivity index (χ3v) is 3.07. The zero-order chi connectivity index (χ0) is 14.5. The van der Waals surface area contributed by atoms with Crippen LogP contribution in [0, 0.1) is 6.92 Å². The van der Waals surface area contributed by atoms with Crippen LogP contribution in [0.15, 0.2) is 42.5 Å². The van der Waals surface area contributed by atoms with Gasteiger partial charge in [0.15, 0.2) is 0 Å². The van der Waals surface area contributed by atoms with Gasteiger partial charge in [0.25, 0.3) is 5.91 Å². The van der Waals surface area contributed by atoms with Crippen LogP contribution in [0.5, 0.6) is 0 Å². The van der Waals surface area contributed by atoms with Gasteiger partial charge in [-0.3, -0.25) is 4.79 Å². The second-order valence-electron chi connectivity index (χ2n) is 4.78. The van der Waals surface area contributed by atoms with Crippen molar-refractivity contribution in [1.29, 1.82) is 0 Å². The van der Waals surface area contributed by atoms with Gasteiger partial charge in [-0.05, 0) is 24.6 Å². The number of aromatic nitrogens is 1. The van der Waals surface area contributed by atoms with Crippen molar-refractivity contribution >= 4 is 11.7 Å². The standard InChI is InChI=1S/C16H19N3O/c1-12-9-14(10-15(17-2)18-12)16(20)19(3)11-13-7-5-4-6-8-13/h4-10H,11H2,1-3H3,(H,17,18). The molecule has 2 rings (SSSR count). The van der Waals surface area contributed by atoms with Gasteiger partial charge in [0.2, 0.25) is 0 Å². The van der Waals surface area contributed by atoms with Crippen LogP contribution in [0.2, 0.25) is 0 Å². The van der Waals surface area contributed by atoms with Gasteiger partial charge in [0.05, 0.1) is 0 Å². The van der Waals surface area contributed by atoms with E-state index in [-0.39, 0.29) is 5.91 Å². The fourth-order valence-corrected chi connectivity index (χ4v) is 2.07. The van der Waals surface area contributed by atoms with Gasteiger partial charge in [-0.15, -0.1) is 0 Å². The topological polar surface area (TPSA) is 45.2 Å². The van der Waals surface area contributed by atoms with Crippen molar-refractivity contribution in [3.63, 3.8) is 0 Å². The number of nitrogens with one attached hydrogen (secondary N) is 1. The monoisotopic (exact) mass is 269 g/mol. The first-order valence-electron chi connectivity index (χ1n) is 6.56. The van der Waals surface area contributed by atoms with E-state index < -0.39 is 0 Å². The summed E-state index contributed by atoms with van der Waals surface area (Å²) in [6.45, 7) is 2.48. The summed E-state index contributed by atoms with van der Waals surface area (Å²) in [4.78, 5) is 18.4. The third kappa shape index (κ3) is 3.35. The van der Waals surface area contributed by atoms with E-state index in [9.17, 15) is 4.79 Å². The predicted molar refractivity (Wildman–Crippen MR) is 80.8 cm³/mol. The Morgan fingerprint density at radius 1 is 1.25 bits per heavy atom. The van der Waals surface area contributed by atoms with Crippen molar-refractivity contribution in [3.05, 3.63) is 59.3 Å². The first-order valence-corrected chi connectivity index (χ1v) is 6.56. The van der Waals surface area contributed by atoms with Crippen molar-refractivity contribution in [2.75, 3.05) is 19.4 Å². The van der Waals surface area contributed by atoms with Crippen molar-refractivity contribution in [3.8, 4) is 0 Å². The number of anilines is 1. The number of aryl methyl sites for hydroxylation is 1. The zero-order valence-corrected chi connectivity index (χ0v) is 12.1. The summed E-state index contributed by atoms with van der Waals surface area (Å²) in [6, 6.07) is 13.5. The number of nitrogens with zero attached hydrogens (tertiary/aromatic N) is 2. The van der Waals surface area contributed by atoms with Crippen molar-refractivity contribution in [2.24, 2.45) is 0 Å². The van der Waals surface area contributed by atoms with E-state index in [4.69, 9.17) is 0 Å². The van der Waals surface area contributed by atoms with Crippen LogP contribution in [-0.2, 0) is 6.54 Å². The van der Waals surface area contributed by atoms with E-state index in [2.05, 4.69) is 10.3 Å². The molecule has 1 heterocycles. The summed E-state index contributed by atoms with van der Waals surface area (Å²) >= 11 is 0. The maximum absolute atomic E-state index is 12.4. The number of benzene rings is 1. The number of hydrogen-bond acceptors (Lipinski definition) is 3. The highest BCUT2D eigenvalue weighted by Gasteiger charge is 2.13. The fraction of sp³-hybridized carbons (Fsp3) is 0.250. The molecule has 0 radical (unpaired) electrons. The van der Waals surface area contributed by atoms with Crippen molar-refractivity contribution in [2.45, 2.75) is 13.5 Å². The Bertz CT molecular complexity index is 596. The summed E-state index contributed by atoms with van der Waals surface area (Å²) in [5.41, 5.74) is 2.59. The van der Waals surface area contributed by atoms with Gasteiger partial charge in [0.1, 0.15) is 5.82 Å². The maximum Gasteiger partial charge on any atom is 0.254 e. The lowest BCUT2D eigenvalue weighted by atomic mass is 10.1. The van der Waals surface area contributed by atoms with Gasteiger partial charge in [-0.25, -0.2) is 4.98 Å². The molecule has 1 aromatic carbocycles. The van der Waals surface area contributed by atoms with E-state index in [0.717, 1.165) is 11.3 Å². The fourth-order valence-electron chi connectivity index (χ4n) is 2.07. The van der Waals surface area contributed by atoms with Crippen LogP contribution in [0.3, 0.4) is 0 Å². The Morgan fingerprint density at radius 2 is 1.95 bits per heavy atom. The average Bonchev–Trinajstić information content (AvgIpc) is 2.46. The van der Waals surface area contributed by atoms with Crippen LogP contribution in [0.4, 0.5) is 5.82 Å². The van der Waals surface area contributed by atoms with E-state index in [0.29, 0.717) is 17.9 Å². The predicted octanol–water partition coefficient (Wildman–Crippen LogP) is 2.70. The highest BCUT2D eigenvalue weighted by molar-refractivity contribution is 5.94. The summed E-state index contributed by atoms with van der Waals surface area (Å²) in [5.74, 6) is 0.706. The molecule has 0 aliphatic rings. The number of hydrogen-bond donors (Lipinski definition) is 1. The van der Waals surface area contributed by atoms with Gasteiger partial charge in [-0.2, -0.15) is 0 Å². The second kappa shape index (κ2) is 6.19. The minimum Gasteiger partial charge on any atom is -0.373 e. The molecule has 0 unspecified atom stereocenters. The molecule has 104 valence electrons. The Hall–Kier alpha value is -2.36. The molecule has 20 heavy (non-hydrogen) atoms. The molecule has 0 saturated heterocycles. The molecule has 0 spiro atoms. The van der Waals surface area contributed by atoms with Gasteiger partial charge >= 0.3 is 0 Å². The van der Waals surface area contributed by atoms with Crippen LogP contribution in [0.1, 0.15) is 21.6 Å². The molecule has 0 aliphatic carbocycles. The maximum atomic E-state index is 12.4. The van der Waals surface area contributed by atoms with Gasteiger partial charge < -0.3 is 10.2 Å². The Balaban J connectivity index is 2.16. The number of amides is 1. The van der Waals surface area contributed by atoms with Crippen LogP contribution < -0.4 is 5.32 Å². The van der Waals surface area contributed by atoms with Crippen molar-refractivity contribution < 1.29 is 4.79 Å². The highest BCUT2D eigenvalue weighted by atomic mass is 16.2. The largest absolute Gasteiger partial charge is 0.373 e. The van der Waals surface area contributed by atoms with Crippen LogP contribution in [-0.4, -0.2) is 29.9 Å². The lowest BCUT2D eigenvalue weighted by Crippen LogP contribution is -2.26. The molecule has 0 saturated carbocycles. The van der Waals surface area contributed by atoms with Gasteiger partial charge in [0, 0.05) is 31.9 Å². The molecular weight excluding hydrogens is 250 g/mol.